The minimum Gasteiger partial charge on any atom is -0.395 e. The molecular formula is C27H38N8O2. The number of aromatic nitrogens is 4. The Morgan fingerprint density at radius 1 is 1.00 bits per heavy atom. The highest BCUT2D eigenvalue weighted by atomic mass is 16.3. The molecule has 37 heavy (non-hydrogen) atoms. The van der Waals surface area contributed by atoms with Crippen molar-refractivity contribution >= 4 is 28.5 Å². The fourth-order valence-electron chi connectivity index (χ4n) is 5.12. The van der Waals surface area contributed by atoms with Crippen molar-refractivity contribution in [3.8, 4) is 0 Å². The Hall–Kier alpha value is -2.92. The van der Waals surface area contributed by atoms with E-state index in [1.54, 1.807) is 13.1 Å². The molecule has 3 atom stereocenters. The predicted octanol–water partition coefficient (Wildman–Crippen LogP) is 2.42. The van der Waals surface area contributed by atoms with Crippen molar-refractivity contribution in [2.24, 2.45) is 11.8 Å². The van der Waals surface area contributed by atoms with Gasteiger partial charge >= 0.3 is 0 Å². The summed E-state index contributed by atoms with van der Waals surface area (Å²) in [7, 11) is 0. The van der Waals surface area contributed by atoms with Crippen LogP contribution in [0.2, 0.25) is 0 Å². The number of aliphatic hydroxyl groups is 2. The molecule has 198 valence electrons. The summed E-state index contributed by atoms with van der Waals surface area (Å²) in [6.07, 6.45) is 3.03. The lowest BCUT2D eigenvalue weighted by Crippen LogP contribution is -2.46. The first-order valence-corrected chi connectivity index (χ1v) is 13.3. The van der Waals surface area contributed by atoms with E-state index in [1.807, 2.05) is 18.3 Å². The lowest BCUT2D eigenvalue weighted by atomic mass is 10.0. The van der Waals surface area contributed by atoms with Crippen LogP contribution in [0, 0.1) is 11.8 Å². The lowest BCUT2D eigenvalue weighted by molar-refractivity contribution is 0.108. The molecule has 0 saturated carbocycles. The number of rotatable bonds is 8. The molecule has 0 bridgehead atoms. The Kier molecular flexibility index (Phi) is 7.80. The van der Waals surface area contributed by atoms with Crippen molar-refractivity contribution < 1.29 is 10.2 Å². The summed E-state index contributed by atoms with van der Waals surface area (Å²) in [6.45, 7) is 13.9. The zero-order valence-corrected chi connectivity index (χ0v) is 22.0. The Bertz CT molecular complexity index is 1190. The monoisotopic (exact) mass is 506 g/mol. The third kappa shape index (κ3) is 5.98. The molecule has 0 aliphatic carbocycles. The quantitative estimate of drug-likeness (QED) is 0.421. The Labute approximate surface area is 218 Å². The van der Waals surface area contributed by atoms with E-state index in [4.69, 9.17) is 15.1 Å². The topological polar surface area (TPSA) is 114 Å². The predicted molar refractivity (Wildman–Crippen MR) is 145 cm³/mol. The van der Waals surface area contributed by atoms with Gasteiger partial charge in [0.15, 0.2) is 5.82 Å². The summed E-state index contributed by atoms with van der Waals surface area (Å²) in [4.78, 5) is 25.7. The lowest BCUT2D eigenvalue weighted by Gasteiger charge is -2.34. The smallest absolute Gasteiger partial charge is 0.229 e. The average Bonchev–Trinajstić information content (AvgIpc) is 3.23. The zero-order chi connectivity index (χ0) is 25.9. The molecule has 10 nitrogen and oxygen atoms in total. The normalized spacial score (nSPS) is 22.0. The molecule has 3 unspecified atom stereocenters. The maximum absolute atomic E-state index is 10.2. The molecule has 0 amide bonds. The third-order valence-corrected chi connectivity index (χ3v) is 7.63. The summed E-state index contributed by atoms with van der Waals surface area (Å²) in [5.74, 6) is 3.10. The number of nitrogens with one attached hydrogen (secondary N) is 1. The first-order valence-electron chi connectivity index (χ1n) is 13.3. The van der Waals surface area contributed by atoms with E-state index < -0.39 is 6.10 Å². The number of hydrogen-bond donors (Lipinski definition) is 3. The van der Waals surface area contributed by atoms with Crippen LogP contribution in [0.15, 0.2) is 30.6 Å². The highest BCUT2D eigenvalue weighted by molar-refractivity contribution is 5.89. The molecule has 0 aromatic carbocycles. The van der Waals surface area contributed by atoms with Crippen molar-refractivity contribution in [2.75, 3.05) is 62.6 Å². The maximum atomic E-state index is 10.2. The minimum atomic E-state index is -0.662. The number of β-amino-alcohol motifs (C(OH)–C–C–N with tert-alkyl or cyclic N) is 1. The van der Waals surface area contributed by atoms with E-state index in [1.165, 1.54) is 0 Å². The number of fused-ring (bicyclic) bond motifs is 1. The SMILES string of the molecule is CC(O)c1cc2cnc(Nc3ccc(CN4CCN(CCO)CC4)cn3)nc2c(N2CC(C)C(C)C2)n1. The van der Waals surface area contributed by atoms with Crippen molar-refractivity contribution in [3.63, 3.8) is 0 Å². The molecule has 2 aliphatic heterocycles. The van der Waals surface area contributed by atoms with Gasteiger partial charge in [-0.1, -0.05) is 19.9 Å². The van der Waals surface area contributed by atoms with Gasteiger partial charge in [-0.15, -0.1) is 0 Å². The van der Waals surface area contributed by atoms with Crippen LogP contribution in [0.25, 0.3) is 10.9 Å². The van der Waals surface area contributed by atoms with Crippen LogP contribution in [0.4, 0.5) is 17.6 Å². The molecule has 2 fully saturated rings. The van der Waals surface area contributed by atoms with E-state index in [0.717, 1.165) is 74.6 Å². The van der Waals surface area contributed by atoms with Gasteiger partial charge < -0.3 is 20.4 Å². The second-order valence-electron chi connectivity index (χ2n) is 10.6. The molecular weight excluding hydrogens is 468 g/mol. The first-order chi connectivity index (χ1) is 17.9. The Morgan fingerprint density at radius 3 is 2.38 bits per heavy atom. The third-order valence-electron chi connectivity index (χ3n) is 7.63. The Balaban J connectivity index is 1.30. The van der Waals surface area contributed by atoms with Gasteiger partial charge in [-0.25, -0.2) is 19.9 Å². The van der Waals surface area contributed by atoms with Crippen molar-refractivity contribution in [1.29, 1.82) is 0 Å². The number of anilines is 3. The van der Waals surface area contributed by atoms with Crippen LogP contribution < -0.4 is 10.2 Å². The summed E-state index contributed by atoms with van der Waals surface area (Å²) in [5.41, 5.74) is 2.57. The Morgan fingerprint density at radius 2 is 1.73 bits per heavy atom. The molecule has 0 spiro atoms. The van der Waals surface area contributed by atoms with Crippen LogP contribution in [0.1, 0.15) is 38.1 Å². The first kappa shape index (κ1) is 25.7. The van der Waals surface area contributed by atoms with Crippen LogP contribution in [0.3, 0.4) is 0 Å². The number of hydrogen-bond acceptors (Lipinski definition) is 10. The van der Waals surface area contributed by atoms with Gasteiger partial charge in [0.2, 0.25) is 5.95 Å². The largest absolute Gasteiger partial charge is 0.395 e. The summed E-state index contributed by atoms with van der Waals surface area (Å²) < 4.78 is 0. The van der Waals surface area contributed by atoms with Gasteiger partial charge in [-0.2, -0.15) is 0 Å². The van der Waals surface area contributed by atoms with Gasteiger partial charge in [0.25, 0.3) is 0 Å². The standard InChI is InChI=1S/C27H38N8O2/c1-18-15-35(16-19(18)2)26-25-22(12-23(30-26)20(3)37)14-29-27(32-25)31-24-5-4-21(13-28-24)17-34-8-6-33(7-9-34)10-11-36/h4-5,12-14,18-20,36-37H,6-11,15-17H2,1-3H3,(H,28,29,31,32). The second-order valence-corrected chi connectivity index (χ2v) is 10.6. The fraction of sp³-hybridized carbons (Fsp3) is 0.556. The van der Waals surface area contributed by atoms with Crippen LogP contribution in [-0.4, -0.2) is 92.4 Å². The molecule has 3 aromatic rings. The van der Waals surface area contributed by atoms with E-state index in [2.05, 4.69) is 49.9 Å². The van der Waals surface area contributed by atoms with E-state index in [-0.39, 0.29) is 6.61 Å². The van der Waals surface area contributed by atoms with Gasteiger partial charge in [-0.05, 0) is 36.5 Å². The van der Waals surface area contributed by atoms with Gasteiger partial charge in [-0.3, -0.25) is 9.80 Å². The van der Waals surface area contributed by atoms with Crippen LogP contribution in [0.5, 0.6) is 0 Å². The van der Waals surface area contributed by atoms with Crippen molar-refractivity contribution in [1.82, 2.24) is 29.7 Å². The van der Waals surface area contributed by atoms with Crippen molar-refractivity contribution in [3.05, 3.63) is 41.9 Å². The molecule has 3 aromatic heterocycles. The highest BCUT2D eigenvalue weighted by Crippen LogP contribution is 2.32. The summed E-state index contributed by atoms with van der Waals surface area (Å²) in [6, 6.07) is 5.92. The minimum absolute atomic E-state index is 0.219. The highest BCUT2D eigenvalue weighted by Gasteiger charge is 2.29. The van der Waals surface area contributed by atoms with Crippen molar-refractivity contribution in [2.45, 2.75) is 33.4 Å². The number of nitrogens with zero attached hydrogens (tertiary/aromatic N) is 7. The molecule has 0 radical (unpaired) electrons. The number of piperazine rings is 1. The average molecular weight is 507 g/mol. The van der Waals surface area contributed by atoms with E-state index >= 15 is 0 Å². The van der Waals surface area contributed by atoms with E-state index in [9.17, 15) is 5.11 Å². The molecule has 2 aliphatic rings. The maximum Gasteiger partial charge on any atom is 0.229 e. The van der Waals surface area contributed by atoms with Gasteiger partial charge in [0.1, 0.15) is 11.3 Å². The fourth-order valence-corrected chi connectivity index (χ4v) is 5.12. The second kappa shape index (κ2) is 11.2. The van der Waals surface area contributed by atoms with Crippen LogP contribution in [-0.2, 0) is 6.54 Å². The molecule has 10 heteroatoms. The molecule has 2 saturated heterocycles. The molecule has 3 N–H and O–H groups in total. The van der Waals surface area contributed by atoms with E-state index in [0.29, 0.717) is 29.3 Å². The number of aliphatic hydroxyl groups excluding tert-OH is 2. The zero-order valence-electron chi connectivity index (χ0n) is 22.0. The summed E-state index contributed by atoms with van der Waals surface area (Å²) >= 11 is 0. The molecule has 5 heterocycles. The number of pyridine rings is 2. The van der Waals surface area contributed by atoms with Gasteiger partial charge in [0, 0.05) is 70.1 Å². The summed E-state index contributed by atoms with van der Waals surface area (Å²) in [5, 5.41) is 23.4. The van der Waals surface area contributed by atoms with Gasteiger partial charge in [0.05, 0.1) is 18.4 Å². The van der Waals surface area contributed by atoms with Crippen LogP contribution >= 0.6 is 0 Å². The molecule has 5 rings (SSSR count).